The molecule has 0 aliphatic carbocycles. The average Bonchev–Trinajstić information content (AvgIpc) is 2.57. The second-order valence-corrected chi connectivity index (χ2v) is 12.0. The number of hydrogen-bond acceptors (Lipinski definition) is 4. The number of carbonyl (C=O) groups is 1. The van der Waals surface area contributed by atoms with Gasteiger partial charge in [-0.2, -0.15) is 0 Å². The molecule has 2 rings (SSSR count). The van der Waals surface area contributed by atoms with Crippen LogP contribution in [0.1, 0.15) is 44.0 Å². The highest BCUT2D eigenvalue weighted by atomic mass is 35.5. The molecule has 5 nitrogen and oxygen atoms in total. The van der Waals surface area contributed by atoms with Crippen molar-refractivity contribution in [1.29, 1.82) is 0 Å². The van der Waals surface area contributed by atoms with Gasteiger partial charge in [0.1, 0.15) is 5.67 Å². The third-order valence-corrected chi connectivity index (χ3v) is 8.07. The monoisotopic (exact) mass is 452 g/mol. The van der Waals surface area contributed by atoms with E-state index in [1.54, 1.807) is 20.8 Å². The highest BCUT2D eigenvalue weighted by Gasteiger charge is 2.36. The minimum Gasteiger partial charge on any atom is -0.349 e. The molecule has 1 N–H and O–H groups in total. The number of carbonyl (C=O) groups excluding carboxylic acids is 1. The molecule has 158 valence electrons. The van der Waals surface area contributed by atoms with E-state index in [4.69, 9.17) is 23.2 Å². The summed E-state index contributed by atoms with van der Waals surface area (Å²) >= 11 is 11.8. The molecule has 0 bridgehead atoms. The number of piperidine rings is 1. The van der Waals surface area contributed by atoms with Crippen molar-refractivity contribution < 1.29 is 17.6 Å². The molecule has 0 aromatic heterocycles. The summed E-state index contributed by atoms with van der Waals surface area (Å²) < 4.78 is 38.7. The van der Waals surface area contributed by atoms with E-state index in [9.17, 15) is 13.2 Å². The van der Waals surface area contributed by atoms with Crippen LogP contribution in [0.4, 0.5) is 4.39 Å². The first-order chi connectivity index (χ1) is 12.8. The number of alkyl halides is 1. The zero-order valence-electron chi connectivity index (χ0n) is 16.4. The molecule has 0 unspecified atom stereocenters. The van der Waals surface area contributed by atoms with Crippen LogP contribution >= 0.6 is 23.2 Å². The zero-order chi connectivity index (χ0) is 21.2. The lowest BCUT2D eigenvalue weighted by Gasteiger charge is -2.36. The molecule has 28 heavy (non-hydrogen) atoms. The van der Waals surface area contributed by atoms with Gasteiger partial charge in [0.25, 0.3) is 5.91 Å². The largest absolute Gasteiger partial charge is 0.349 e. The van der Waals surface area contributed by atoms with Gasteiger partial charge in [0.15, 0.2) is 9.84 Å². The predicted molar refractivity (Wildman–Crippen MR) is 112 cm³/mol. The van der Waals surface area contributed by atoms with Gasteiger partial charge in [-0.25, -0.2) is 12.8 Å². The maximum Gasteiger partial charge on any atom is 0.251 e. The van der Waals surface area contributed by atoms with Crippen molar-refractivity contribution in [3.8, 4) is 0 Å². The fourth-order valence-electron chi connectivity index (χ4n) is 2.94. The number of likely N-dealkylation sites (tertiary alicyclic amines) is 1. The van der Waals surface area contributed by atoms with E-state index in [1.165, 1.54) is 18.2 Å². The molecule has 1 aliphatic heterocycles. The Morgan fingerprint density at radius 2 is 1.71 bits per heavy atom. The van der Waals surface area contributed by atoms with Gasteiger partial charge in [0, 0.05) is 35.2 Å². The van der Waals surface area contributed by atoms with Crippen LogP contribution in [0, 0.1) is 0 Å². The van der Waals surface area contributed by atoms with Crippen LogP contribution < -0.4 is 5.32 Å². The number of nitrogens with zero attached hydrogens (tertiary/aromatic N) is 1. The fraction of sp³-hybridized carbons (Fsp3) is 0.632. The first-order valence-corrected chi connectivity index (χ1v) is 11.6. The van der Waals surface area contributed by atoms with E-state index in [2.05, 4.69) is 5.32 Å². The molecule has 1 aromatic rings. The molecular weight excluding hydrogens is 426 g/mol. The Labute approximate surface area is 176 Å². The van der Waals surface area contributed by atoms with Crippen LogP contribution in [0.25, 0.3) is 0 Å². The van der Waals surface area contributed by atoms with Gasteiger partial charge in [0.05, 0.1) is 17.0 Å². The van der Waals surface area contributed by atoms with E-state index >= 15 is 4.39 Å². The van der Waals surface area contributed by atoms with E-state index < -0.39 is 26.2 Å². The third kappa shape index (κ3) is 6.31. The van der Waals surface area contributed by atoms with Crippen molar-refractivity contribution in [2.24, 2.45) is 0 Å². The first-order valence-electron chi connectivity index (χ1n) is 9.19. The molecule has 0 spiro atoms. The predicted octanol–water partition coefficient (Wildman–Crippen LogP) is 3.74. The molecule has 0 atom stereocenters. The van der Waals surface area contributed by atoms with Gasteiger partial charge in [-0.3, -0.25) is 4.79 Å². The van der Waals surface area contributed by atoms with Gasteiger partial charge in [-0.1, -0.05) is 23.2 Å². The highest BCUT2D eigenvalue weighted by molar-refractivity contribution is 7.92. The Morgan fingerprint density at radius 1 is 1.18 bits per heavy atom. The van der Waals surface area contributed by atoms with Crippen molar-refractivity contribution in [3.05, 3.63) is 33.8 Å². The molecular formula is C19H27Cl2FN2O3S. The number of nitrogens with one attached hydrogen (secondary N) is 1. The first kappa shape index (κ1) is 23.4. The van der Waals surface area contributed by atoms with Crippen molar-refractivity contribution in [2.75, 3.05) is 31.9 Å². The number of benzene rings is 1. The summed E-state index contributed by atoms with van der Waals surface area (Å²) in [6, 6.07) is 4.48. The molecule has 1 fully saturated rings. The van der Waals surface area contributed by atoms with Gasteiger partial charge in [-0.05, 0) is 51.8 Å². The zero-order valence-corrected chi connectivity index (χ0v) is 18.7. The minimum atomic E-state index is -3.20. The summed E-state index contributed by atoms with van der Waals surface area (Å²) in [5.74, 6) is -0.373. The van der Waals surface area contributed by atoms with E-state index in [-0.39, 0.29) is 30.7 Å². The van der Waals surface area contributed by atoms with Crippen LogP contribution in [0.2, 0.25) is 10.0 Å². The second kappa shape index (κ2) is 8.86. The normalized spacial score (nSPS) is 18.1. The number of amides is 1. The molecule has 1 aliphatic rings. The average molecular weight is 453 g/mol. The molecule has 0 radical (unpaired) electrons. The summed E-state index contributed by atoms with van der Waals surface area (Å²) in [6.07, 6.45) is 0.471. The lowest BCUT2D eigenvalue weighted by Crippen LogP contribution is -2.49. The van der Waals surface area contributed by atoms with Crippen molar-refractivity contribution in [3.63, 3.8) is 0 Å². The number of hydrogen-bond donors (Lipinski definition) is 1. The summed E-state index contributed by atoms with van der Waals surface area (Å²) in [6.45, 7) is 6.24. The maximum atomic E-state index is 15.0. The van der Waals surface area contributed by atoms with Gasteiger partial charge in [0.2, 0.25) is 0 Å². The van der Waals surface area contributed by atoms with E-state index in [0.29, 0.717) is 29.7 Å². The van der Waals surface area contributed by atoms with Crippen LogP contribution in [0.5, 0.6) is 0 Å². The van der Waals surface area contributed by atoms with Gasteiger partial charge >= 0.3 is 0 Å². The quantitative estimate of drug-likeness (QED) is 0.713. The van der Waals surface area contributed by atoms with Crippen LogP contribution in [-0.4, -0.2) is 61.6 Å². The molecule has 1 heterocycles. The van der Waals surface area contributed by atoms with Gasteiger partial charge in [-0.15, -0.1) is 0 Å². The van der Waals surface area contributed by atoms with Crippen molar-refractivity contribution >= 4 is 38.9 Å². The van der Waals surface area contributed by atoms with Crippen LogP contribution in [0.3, 0.4) is 0 Å². The number of halogens is 3. The Balaban J connectivity index is 1.83. The Bertz CT molecular complexity index is 797. The summed E-state index contributed by atoms with van der Waals surface area (Å²) in [5, 5.41) is 3.29. The summed E-state index contributed by atoms with van der Waals surface area (Å²) in [4.78, 5) is 14.2. The van der Waals surface area contributed by atoms with Gasteiger partial charge < -0.3 is 10.2 Å². The number of rotatable bonds is 6. The Morgan fingerprint density at radius 3 is 2.21 bits per heavy atom. The maximum absolute atomic E-state index is 15.0. The van der Waals surface area contributed by atoms with E-state index in [1.807, 2.05) is 4.90 Å². The molecule has 9 heteroatoms. The Kier molecular flexibility index (Phi) is 7.40. The smallest absolute Gasteiger partial charge is 0.251 e. The SMILES string of the molecule is CC(C)(C)S(=O)(=O)CCN1CCC(F)(CNC(=O)c2cc(Cl)cc(Cl)c2)CC1. The van der Waals surface area contributed by atoms with Crippen LogP contribution in [-0.2, 0) is 9.84 Å². The molecule has 1 aromatic carbocycles. The fourth-order valence-corrected chi connectivity index (χ4v) is 4.57. The summed E-state index contributed by atoms with van der Waals surface area (Å²) in [7, 11) is -3.20. The molecule has 1 saturated heterocycles. The minimum absolute atomic E-state index is 0.0576. The van der Waals surface area contributed by atoms with Crippen molar-refractivity contribution in [2.45, 2.75) is 44.0 Å². The lowest BCUT2D eigenvalue weighted by molar-refractivity contribution is 0.0566. The second-order valence-electron chi connectivity index (χ2n) is 8.26. The topological polar surface area (TPSA) is 66.5 Å². The number of sulfone groups is 1. The highest BCUT2D eigenvalue weighted by Crippen LogP contribution is 2.27. The summed E-state index contributed by atoms with van der Waals surface area (Å²) in [5.41, 5.74) is -1.23. The molecule has 1 amide bonds. The van der Waals surface area contributed by atoms with E-state index in [0.717, 1.165) is 0 Å². The van der Waals surface area contributed by atoms with Crippen LogP contribution in [0.15, 0.2) is 18.2 Å². The molecule has 0 saturated carbocycles. The standard InChI is InChI=1S/C19H27Cl2FN2O3S/c1-18(2,3)28(26,27)9-8-24-6-4-19(22,5-7-24)13-23-17(25)14-10-15(20)12-16(21)11-14/h10-12H,4-9,13H2,1-3H3,(H,23,25). The van der Waals surface area contributed by atoms with Crippen molar-refractivity contribution in [1.82, 2.24) is 10.2 Å². The lowest BCUT2D eigenvalue weighted by atomic mass is 9.93. The Hall–Kier alpha value is -0.890. The third-order valence-electron chi connectivity index (χ3n) is 5.05.